The van der Waals surface area contributed by atoms with Crippen molar-refractivity contribution in [2.24, 2.45) is 5.73 Å². The molecule has 0 heterocycles. The standard InChI is InChI=1S/C12H20N3O5P/c13-11(12(16)17)6-10(8-21(18,19)20)15-14-7-9-4-2-1-3-5-9/h1-5,10-11,14-15H,6-8,13H2,(H,16,17)(H2,18,19,20). The molecule has 1 aromatic rings. The zero-order valence-electron chi connectivity index (χ0n) is 11.3. The number of carbonyl (C=O) groups is 1. The molecule has 1 rings (SSSR count). The maximum absolute atomic E-state index is 11.1. The maximum atomic E-state index is 11.1. The van der Waals surface area contributed by atoms with Crippen LogP contribution in [0.4, 0.5) is 0 Å². The van der Waals surface area contributed by atoms with Crippen molar-refractivity contribution in [2.45, 2.75) is 25.0 Å². The summed E-state index contributed by atoms with van der Waals surface area (Å²) in [5.41, 5.74) is 11.9. The molecule has 0 amide bonds. The topological polar surface area (TPSA) is 145 Å². The van der Waals surface area contributed by atoms with Gasteiger partial charge in [0.05, 0.1) is 6.16 Å². The zero-order chi connectivity index (χ0) is 15.9. The van der Waals surface area contributed by atoms with E-state index in [1.54, 1.807) is 0 Å². The Hall–Kier alpha value is -1.28. The third-order valence-electron chi connectivity index (χ3n) is 2.76. The molecule has 0 spiro atoms. The maximum Gasteiger partial charge on any atom is 0.327 e. The van der Waals surface area contributed by atoms with Crippen LogP contribution >= 0.6 is 7.60 Å². The molecule has 0 saturated carbocycles. The van der Waals surface area contributed by atoms with Crippen LogP contribution in [0.3, 0.4) is 0 Å². The Morgan fingerprint density at radius 1 is 1.29 bits per heavy atom. The molecule has 21 heavy (non-hydrogen) atoms. The van der Waals surface area contributed by atoms with Gasteiger partial charge in [-0.1, -0.05) is 30.3 Å². The highest BCUT2D eigenvalue weighted by Gasteiger charge is 2.25. The van der Waals surface area contributed by atoms with E-state index < -0.39 is 31.8 Å². The number of hydrazine groups is 1. The van der Waals surface area contributed by atoms with Crippen LogP contribution in [-0.2, 0) is 15.9 Å². The zero-order valence-corrected chi connectivity index (χ0v) is 12.2. The van der Waals surface area contributed by atoms with Crippen LogP contribution < -0.4 is 16.6 Å². The average Bonchev–Trinajstić information content (AvgIpc) is 2.37. The lowest BCUT2D eigenvalue weighted by molar-refractivity contribution is -0.138. The molecule has 0 saturated heterocycles. The summed E-state index contributed by atoms with van der Waals surface area (Å²) in [6, 6.07) is 7.44. The number of benzene rings is 1. The van der Waals surface area contributed by atoms with E-state index in [0.717, 1.165) is 5.56 Å². The number of hydrogen-bond acceptors (Lipinski definition) is 5. The quantitative estimate of drug-likeness (QED) is 0.267. The van der Waals surface area contributed by atoms with Gasteiger partial charge in [0.15, 0.2) is 0 Å². The number of carboxylic acids is 1. The molecule has 0 bridgehead atoms. The van der Waals surface area contributed by atoms with Gasteiger partial charge in [0.25, 0.3) is 0 Å². The van der Waals surface area contributed by atoms with E-state index in [-0.39, 0.29) is 6.42 Å². The second-order valence-corrected chi connectivity index (χ2v) is 6.40. The first kappa shape index (κ1) is 17.8. The predicted molar refractivity (Wildman–Crippen MR) is 77.3 cm³/mol. The van der Waals surface area contributed by atoms with Crippen molar-refractivity contribution in [3.05, 3.63) is 35.9 Å². The lowest BCUT2D eigenvalue weighted by atomic mass is 10.1. The fourth-order valence-corrected chi connectivity index (χ4v) is 2.58. The van der Waals surface area contributed by atoms with Crippen LogP contribution in [-0.4, -0.2) is 39.1 Å². The second kappa shape index (κ2) is 8.23. The van der Waals surface area contributed by atoms with Crippen LogP contribution in [0, 0.1) is 0 Å². The van der Waals surface area contributed by atoms with Crippen LogP contribution in [0.5, 0.6) is 0 Å². The Morgan fingerprint density at radius 2 is 1.90 bits per heavy atom. The van der Waals surface area contributed by atoms with Gasteiger partial charge in [-0.15, -0.1) is 0 Å². The number of rotatable bonds is 9. The molecule has 0 aliphatic rings. The molecule has 0 radical (unpaired) electrons. The third-order valence-corrected chi connectivity index (χ3v) is 3.67. The summed E-state index contributed by atoms with van der Waals surface area (Å²) in [5.74, 6) is -1.21. The number of nitrogens with one attached hydrogen (secondary N) is 2. The van der Waals surface area contributed by atoms with Gasteiger partial charge in [0.2, 0.25) is 0 Å². The molecular weight excluding hydrogens is 297 g/mol. The number of aliphatic carboxylic acids is 1. The first-order valence-electron chi connectivity index (χ1n) is 6.33. The van der Waals surface area contributed by atoms with Gasteiger partial charge in [0, 0.05) is 12.6 Å². The fourth-order valence-electron chi connectivity index (χ4n) is 1.77. The van der Waals surface area contributed by atoms with E-state index in [4.69, 9.17) is 20.6 Å². The van der Waals surface area contributed by atoms with Crippen molar-refractivity contribution in [2.75, 3.05) is 6.16 Å². The molecule has 0 aliphatic heterocycles. The van der Waals surface area contributed by atoms with Crippen LogP contribution in [0.25, 0.3) is 0 Å². The van der Waals surface area contributed by atoms with Crippen LogP contribution in [0.1, 0.15) is 12.0 Å². The van der Waals surface area contributed by atoms with Crippen molar-refractivity contribution >= 4 is 13.6 Å². The van der Waals surface area contributed by atoms with Gasteiger partial charge < -0.3 is 20.6 Å². The Labute approximate surface area is 122 Å². The molecule has 9 heteroatoms. The lowest BCUT2D eigenvalue weighted by Gasteiger charge is -2.21. The highest BCUT2D eigenvalue weighted by Crippen LogP contribution is 2.35. The Balaban J connectivity index is 2.52. The second-order valence-electron chi connectivity index (χ2n) is 4.71. The highest BCUT2D eigenvalue weighted by molar-refractivity contribution is 7.51. The largest absolute Gasteiger partial charge is 0.480 e. The first-order chi connectivity index (χ1) is 9.78. The smallest absolute Gasteiger partial charge is 0.327 e. The Bertz CT molecular complexity index is 493. The van der Waals surface area contributed by atoms with Gasteiger partial charge >= 0.3 is 13.6 Å². The molecule has 0 fully saturated rings. The number of carboxylic acid groups (broad SMARTS) is 1. The van der Waals surface area contributed by atoms with Crippen LogP contribution in [0.2, 0.25) is 0 Å². The van der Waals surface area contributed by atoms with Crippen molar-refractivity contribution in [1.82, 2.24) is 10.9 Å². The van der Waals surface area contributed by atoms with E-state index in [2.05, 4.69) is 10.9 Å². The molecule has 1 aromatic carbocycles. The van der Waals surface area contributed by atoms with Gasteiger partial charge in [-0.25, -0.2) is 0 Å². The predicted octanol–water partition coefficient (Wildman–Crippen LogP) is -0.371. The number of nitrogens with two attached hydrogens (primary N) is 1. The highest BCUT2D eigenvalue weighted by atomic mass is 31.2. The lowest BCUT2D eigenvalue weighted by Crippen LogP contribution is -2.47. The van der Waals surface area contributed by atoms with Gasteiger partial charge in [-0.3, -0.25) is 20.2 Å². The van der Waals surface area contributed by atoms with Crippen molar-refractivity contribution in [3.63, 3.8) is 0 Å². The molecule has 118 valence electrons. The molecule has 2 unspecified atom stereocenters. The summed E-state index contributed by atoms with van der Waals surface area (Å²) in [5, 5.41) is 8.77. The van der Waals surface area contributed by atoms with Gasteiger partial charge in [-0.05, 0) is 12.0 Å². The van der Waals surface area contributed by atoms with Crippen molar-refractivity contribution in [3.8, 4) is 0 Å². The molecule has 2 atom stereocenters. The Morgan fingerprint density at radius 3 is 2.43 bits per heavy atom. The average molecular weight is 317 g/mol. The summed E-state index contributed by atoms with van der Waals surface area (Å²) < 4.78 is 11.1. The molecular formula is C12H20N3O5P. The van der Waals surface area contributed by atoms with Crippen molar-refractivity contribution < 1.29 is 24.3 Å². The SMILES string of the molecule is NC(CC(CP(=O)(O)O)NNCc1ccccc1)C(=O)O. The summed E-state index contributed by atoms with van der Waals surface area (Å²) >= 11 is 0. The fraction of sp³-hybridized carbons (Fsp3) is 0.417. The van der Waals surface area contributed by atoms with Gasteiger partial charge in [-0.2, -0.15) is 0 Å². The normalized spacial score (nSPS) is 14.6. The van der Waals surface area contributed by atoms with Crippen LogP contribution in [0.15, 0.2) is 30.3 Å². The minimum Gasteiger partial charge on any atom is -0.480 e. The van der Waals surface area contributed by atoms with E-state index in [1.807, 2.05) is 30.3 Å². The number of hydrogen-bond donors (Lipinski definition) is 6. The first-order valence-corrected chi connectivity index (χ1v) is 8.13. The van der Waals surface area contributed by atoms with E-state index in [1.165, 1.54) is 0 Å². The summed E-state index contributed by atoms with van der Waals surface area (Å²) in [7, 11) is -4.27. The molecule has 8 nitrogen and oxygen atoms in total. The molecule has 7 N–H and O–H groups in total. The van der Waals surface area contributed by atoms with E-state index in [9.17, 15) is 9.36 Å². The minimum absolute atomic E-state index is 0.0950. The third kappa shape index (κ3) is 7.91. The van der Waals surface area contributed by atoms with Gasteiger partial charge in [0.1, 0.15) is 6.04 Å². The monoisotopic (exact) mass is 317 g/mol. The van der Waals surface area contributed by atoms with Crippen molar-refractivity contribution in [1.29, 1.82) is 0 Å². The van der Waals surface area contributed by atoms with E-state index >= 15 is 0 Å². The molecule has 0 aliphatic carbocycles. The minimum atomic E-state index is -4.27. The summed E-state index contributed by atoms with van der Waals surface area (Å²) in [6.07, 6.45) is -0.585. The summed E-state index contributed by atoms with van der Waals surface area (Å²) in [4.78, 5) is 28.8. The Kier molecular flexibility index (Phi) is 6.97. The summed E-state index contributed by atoms with van der Waals surface area (Å²) in [6.45, 7) is 0.431. The molecule has 0 aromatic heterocycles. The van der Waals surface area contributed by atoms with E-state index in [0.29, 0.717) is 6.54 Å².